The summed E-state index contributed by atoms with van der Waals surface area (Å²) in [5.41, 5.74) is -0.00164. The van der Waals surface area contributed by atoms with Crippen molar-refractivity contribution >= 4 is 50.5 Å². The number of nitrogens with zero attached hydrogens (tertiary/aromatic N) is 6. The third-order valence-corrected chi connectivity index (χ3v) is 5.43. The average molecular weight is 391 g/mol. The first-order chi connectivity index (χ1) is 12.5. The molecule has 134 valence electrons. The van der Waals surface area contributed by atoms with Crippen LogP contribution in [0.3, 0.4) is 0 Å². The largest absolute Gasteiger partial charge is 0.353 e. The molecule has 26 heavy (non-hydrogen) atoms. The standard InChI is InChI=1S/C16H15ClN6O2S/c1-10-8-12-14(19-16(17)20-15(12)26-10)22-6-4-21(5-7-22)13-3-2-11(9-18-13)23(24)25/h2-3,8-9H,4-7H2,1H3. The molecule has 4 heterocycles. The Hall–Kier alpha value is -2.52. The number of piperazine rings is 1. The summed E-state index contributed by atoms with van der Waals surface area (Å²) in [5.74, 6) is 1.60. The molecule has 0 unspecified atom stereocenters. The van der Waals surface area contributed by atoms with Gasteiger partial charge in [-0.15, -0.1) is 11.3 Å². The van der Waals surface area contributed by atoms with Crippen molar-refractivity contribution in [3.8, 4) is 0 Å². The Morgan fingerprint density at radius 3 is 2.58 bits per heavy atom. The van der Waals surface area contributed by atoms with E-state index in [0.717, 1.165) is 48.0 Å². The number of nitro groups is 1. The number of hydrogen-bond donors (Lipinski definition) is 0. The van der Waals surface area contributed by atoms with Crippen LogP contribution in [-0.4, -0.2) is 46.1 Å². The van der Waals surface area contributed by atoms with E-state index < -0.39 is 4.92 Å². The molecule has 1 aliphatic heterocycles. The van der Waals surface area contributed by atoms with Crippen molar-refractivity contribution in [1.82, 2.24) is 15.0 Å². The molecule has 1 aliphatic rings. The normalized spacial score (nSPS) is 14.8. The lowest BCUT2D eigenvalue weighted by Gasteiger charge is -2.36. The summed E-state index contributed by atoms with van der Waals surface area (Å²) in [6.45, 7) is 5.06. The molecule has 4 rings (SSSR count). The second kappa shape index (κ2) is 6.65. The number of aryl methyl sites for hydroxylation is 1. The maximum atomic E-state index is 10.7. The fourth-order valence-corrected chi connectivity index (χ4v) is 4.15. The predicted octanol–water partition coefficient (Wildman–Crippen LogP) is 3.28. The third kappa shape index (κ3) is 3.15. The zero-order valence-electron chi connectivity index (χ0n) is 13.9. The van der Waals surface area contributed by atoms with Crippen molar-refractivity contribution in [2.45, 2.75) is 6.92 Å². The van der Waals surface area contributed by atoms with E-state index in [1.54, 1.807) is 17.4 Å². The molecule has 0 aliphatic carbocycles. The Balaban J connectivity index is 1.53. The van der Waals surface area contributed by atoms with E-state index in [0.29, 0.717) is 0 Å². The maximum Gasteiger partial charge on any atom is 0.287 e. The summed E-state index contributed by atoms with van der Waals surface area (Å²) >= 11 is 7.71. The fraction of sp³-hybridized carbons (Fsp3) is 0.312. The third-order valence-electron chi connectivity index (χ3n) is 4.31. The number of hydrogen-bond acceptors (Lipinski definition) is 8. The Morgan fingerprint density at radius 1 is 1.19 bits per heavy atom. The molecule has 0 saturated carbocycles. The van der Waals surface area contributed by atoms with Crippen molar-refractivity contribution in [2.24, 2.45) is 0 Å². The minimum Gasteiger partial charge on any atom is -0.353 e. The molecule has 1 saturated heterocycles. The first kappa shape index (κ1) is 16.9. The van der Waals surface area contributed by atoms with Crippen LogP contribution in [0.15, 0.2) is 24.4 Å². The van der Waals surface area contributed by atoms with Gasteiger partial charge < -0.3 is 9.80 Å². The van der Waals surface area contributed by atoms with E-state index in [4.69, 9.17) is 11.6 Å². The van der Waals surface area contributed by atoms with Gasteiger partial charge in [-0.2, -0.15) is 4.98 Å². The zero-order chi connectivity index (χ0) is 18.3. The highest BCUT2D eigenvalue weighted by molar-refractivity contribution is 7.18. The lowest BCUT2D eigenvalue weighted by Crippen LogP contribution is -2.47. The molecule has 8 nitrogen and oxygen atoms in total. The van der Waals surface area contributed by atoms with Crippen LogP contribution >= 0.6 is 22.9 Å². The van der Waals surface area contributed by atoms with Crippen molar-refractivity contribution in [2.75, 3.05) is 36.0 Å². The Morgan fingerprint density at radius 2 is 1.92 bits per heavy atom. The van der Waals surface area contributed by atoms with E-state index in [-0.39, 0.29) is 11.0 Å². The van der Waals surface area contributed by atoms with Crippen LogP contribution in [0.1, 0.15) is 4.88 Å². The summed E-state index contributed by atoms with van der Waals surface area (Å²) < 4.78 is 0. The summed E-state index contributed by atoms with van der Waals surface area (Å²) in [6.07, 6.45) is 1.30. The van der Waals surface area contributed by atoms with E-state index in [1.165, 1.54) is 17.1 Å². The molecule has 0 amide bonds. The van der Waals surface area contributed by atoms with E-state index in [1.807, 2.05) is 6.92 Å². The van der Waals surface area contributed by atoms with Gasteiger partial charge in [0.15, 0.2) is 0 Å². The number of thiophene rings is 1. The molecule has 0 radical (unpaired) electrons. The number of anilines is 2. The Labute approximate surface area is 158 Å². The second-order valence-corrected chi connectivity index (χ2v) is 7.57. The summed E-state index contributed by atoms with van der Waals surface area (Å²) in [5, 5.41) is 12.0. The smallest absolute Gasteiger partial charge is 0.287 e. The van der Waals surface area contributed by atoms with E-state index in [9.17, 15) is 10.1 Å². The molecular weight excluding hydrogens is 376 g/mol. The first-order valence-corrected chi connectivity index (χ1v) is 9.25. The fourth-order valence-electron chi connectivity index (χ4n) is 3.06. The monoisotopic (exact) mass is 390 g/mol. The van der Waals surface area contributed by atoms with Gasteiger partial charge in [0.05, 0.1) is 10.3 Å². The average Bonchev–Trinajstić information content (AvgIpc) is 3.01. The topological polar surface area (TPSA) is 88.3 Å². The van der Waals surface area contributed by atoms with Crippen LogP contribution in [0.4, 0.5) is 17.3 Å². The molecule has 0 atom stereocenters. The van der Waals surface area contributed by atoms with Crippen LogP contribution in [0.5, 0.6) is 0 Å². The number of aromatic nitrogens is 3. The lowest BCUT2D eigenvalue weighted by molar-refractivity contribution is -0.385. The number of halogens is 1. The van der Waals surface area contributed by atoms with Crippen LogP contribution in [-0.2, 0) is 0 Å². The van der Waals surface area contributed by atoms with Gasteiger partial charge >= 0.3 is 0 Å². The molecule has 3 aromatic heterocycles. The molecule has 0 spiro atoms. The van der Waals surface area contributed by atoms with Crippen LogP contribution < -0.4 is 9.80 Å². The van der Waals surface area contributed by atoms with Gasteiger partial charge in [-0.25, -0.2) is 9.97 Å². The first-order valence-electron chi connectivity index (χ1n) is 8.05. The van der Waals surface area contributed by atoms with Gasteiger partial charge in [-0.3, -0.25) is 10.1 Å². The molecule has 0 aromatic carbocycles. The Bertz CT molecular complexity index is 969. The van der Waals surface area contributed by atoms with Gasteiger partial charge in [0, 0.05) is 37.1 Å². The van der Waals surface area contributed by atoms with Crippen molar-refractivity contribution < 1.29 is 4.92 Å². The summed E-state index contributed by atoms with van der Waals surface area (Å²) in [6, 6.07) is 5.27. The maximum absolute atomic E-state index is 10.7. The number of rotatable bonds is 3. The highest BCUT2D eigenvalue weighted by atomic mass is 35.5. The number of pyridine rings is 1. The van der Waals surface area contributed by atoms with Gasteiger partial charge in [0.1, 0.15) is 22.7 Å². The molecule has 10 heteroatoms. The quantitative estimate of drug-likeness (QED) is 0.385. The lowest BCUT2D eigenvalue weighted by atomic mass is 10.2. The predicted molar refractivity (Wildman–Crippen MR) is 102 cm³/mol. The van der Waals surface area contributed by atoms with Gasteiger partial charge in [0.25, 0.3) is 5.69 Å². The molecular formula is C16H15ClN6O2S. The minimum atomic E-state index is -0.443. The summed E-state index contributed by atoms with van der Waals surface area (Å²) in [4.78, 5) is 29.6. The highest BCUT2D eigenvalue weighted by Gasteiger charge is 2.22. The van der Waals surface area contributed by atoms with E-state index in [2.05, 4.69) is 30.8 Å². The zero-order valence-corrected chi connectivity index (χ0v) is 15.5. The van der Waals surface area contributed by atoms with Crippen LogP contribution in [0, 0.1) is 17.0 Å². The summed E-state index contributed by atoms with van der Waals surface area (Å²) in [7, 11) is 0. The van der Waals surface area contributed by atoms with Gasteiger partial charge in [0.2, 0.25) is 5.28 Å². The van der Waals surface area contributed by atoms with E-state index >= 15 is 0 Å². The van der Waals surface area contributed by atoms with Crippen LogP contribution in [0.2, 0.25) is 5.28 Å². The van der Waals surface area contributed by atoms with Gasteiger partial charge in [-0.1, -0.05) is 0 Å². The second-order valence-electron chi connectivity index (χ2n) is 6.00. The molecule has 1 fully saturated rings. The highest BCUT2D eigenvalue weighted by Crippen LogP contribution is 2.32. The van der Waals surface area contributed by atoms with Gasteiger partial charge in [-0.05, 0) is 30.7 Å². The minimum absolute atomic E-state index is 0.00164. The van der Waals surface area contributed by atoms with Crippen molar-refractivity contribution in [1.29, 1.82) is 0 Å². The molecule has 3 aromatic rings. The molecule has 0 N–H and O–H groups in total. The van der Waals surface area contributed by atoms with Crippen LogP contribution in [0.25, 0.3) is 10.2 Å². The number of fused-ring (bicyclic) bond motifs is 1. The SMILES string of the molecule is Cc1cc2c(N3CCN(c4ccc([N+](=O)[O-])cn4)CC3)nc(Cl)nc2s1. The van der Waals surface area contributed by atoms with Crippen molar-refractivity contribution in [3.05, 3.63) is 44.7 Å². The Kier molecular flexibility index (Phi) is 4.33. The molecule has 0 bridgehead atoms. The van der Waals surface area contributed by atoms with Crippen molar-refractivity contribution in [3.63, 3.8) is 0 Å².